The summed E-state index contributed by atoms with van der Waals surface area (Å²) in [4.78, 5) is 12.2. The predicted octanol–water partition coefficient (Wildman–Crippen LogP) is 2.56. The molecule has 0 aliphatic heterocycles. The van der Waals surface area contributed by atoms with Crippen molar-refractivity contribution in [2.75, 3.05) is 19.5 Å². The molecule has 2 aromatic rings. The molecule has 132 valence electrons. The minimum absolute atomic E-state index is 0.168. The van der Waals surface area contributed by atoms with Crippen LogP contribution in [0.25, 0.3) is 6.08 Å². The Kier molecular flexibility index (Phi) is 5.95. The molecule has 0 radical (unpaired) electrons. The zero-order chi connectivity index (χ0) is 18.4. The van der Waals surface area contributed by atoms with E-state index in [2.05, 4.69) is 10.0 Å². The number of rotatable bonds is 6. The van der Waals surface area contributed by atoms with Gasteiger partial charge in [-0.15, -0.1) is 0 Å². The summed E-state index contributed by atoms with van der Waals surface area (Å²) in [5, 5.41) is 2.76. The van der Waals surface area contributed by atoms with E-state index in [1.807, 2.05) is 19.1 Å². The van der Waals surface area contributed by atoms with Crippen LogP contribution in [0.1, 0.15) is 11.1 Å². The summed E-state index contributed by atoms with van der Waals surface area (Å²) >= 11 is 0. The number of nitrogens with one attached hydrogen (secondary N) is 2. The summed E-state index contributed by atoms with van der Waals surface area (Å²) in [6.07, 6.45) is 2.98. The van der Waals surface area contributed by atoms with Crippen LogP contribution in [0.3, 0.4) is 0 Å². The molecule has 7 heteroatoms. The number of hydrogen-bond acceptors (Lipinski definition) is 4. The lowest BCUT2D eigenvalue weighted by Gasteiger charge is -2.09. The van der Waals surface area contributed by atoms with Gasteiger partial charge in [0.1, 0.15) is 5.75 Å². The lowest BCUT2D eigenvalue weighted by atomic mass is 10.2. The maximum Gasteiger partial charge on any atom is 0.248 e. The van der Waals surface area contributed by atoms with E-state index in [0.717, 1.165) is 5.56 Å². The van der Waals surface area contributed by atoms with E-state index in [0.29, 0.717) is 17.0 Å². The molecule has 0 heterocycles. The molecule has 0 saturated heterocycles. The fourth-order valence-corrected chi connectivity index (χ4v) is 2.87. The summed E-state index contributed by atoms with van der Waals surface area (Å²) in [6, 6.07) is 11.7. The lowest BCUT2D eigenvalue weighted by Crippen LogP contribution is -2.18. The second kappa shape index (κ2) is 7.96. The van der Waals surface area contributed by atoms with Gasteiger partial charge >= 0.3 is 0 Å². The van der Waals surface area contributed by atoms with E-state index in [1.54, 1.807) is 24.3 Å². The number of ether oxygens (including phenoxy) is 1. The molecule has 2 N–H and O–H groups in total. The van der Waals surface area contributed by atoms with Crippen molar-refractivity contribution in [1.29, 1.82) is 0 Å². The highest BCUT2D eigenvalue weighted by Crippen LogP contribution is 2.25. The van der Waals surface area contributed by atoms with Crippen LogP contribution in [-0.4, -0.2) is 28.5 Å². The molecule has 0 aliphatic carbocycles. The van der Waals surface area contributed by atoms with Crippen molar-refractivity contribution in [3.05, 3.63) is 59.7 Å². The van der Waals surface area contributed by atoms with Crippen molar-refractivity contribution in [1.82, 2.24) is 4.72 Å². The van der Waals surface area contributed by atoms with Crippen LogP contribution in [0.4, 0.5) is 5.69 Å². The van der Waals surface area contributed by atoms with E-state index in [9.17, 15) is 13.2 Å². The van der Waals surface area contributed by atoms with Crippen LogP contribution in [0.5, 0.6) is 5.75 Å². The molecular weight excluding hydrogens is 340 g/mol. The van der Waals surface area contributed by atoms with Gasteiger partial charge in [0, 0.05) is 6.08 Å². The largest absolute Gasteiger partial charge is 0.495 e. The number of amides is 1. The third-order valence-electron chi connectivity index (χ3n) is 3.50. The number of sulfonamides is 1. The Balaban J connectivity index is 2.09. The van der Waals surface area contributed by atoms with Crippen molar-refractivity contribution in [2.24, 2.45) is 0 Å². The van der Waals surface area contributed by atoms with Gasteiger partial charge < -0.3 is 10.1 Å². The molecule has 0 saturated carbocycles. The van der Waals surface area contributed by atoms with Crippen LogP contribution in [0, 0.1) is 6.92 Å². The maximum atomic E-state index is 12.1. The Morgan fingerprint density at radius 3 is 2.40 bits per heavy atom. The quantitative estimate of drug-likeness (QED) is 0.776. The summed E-state index contributed by atoms with van der Waals surface area (Å²) in [5.74, 6) is 0.268. The minimum atomic E-state index is -3.47. The van der Waals surface area contributed by atoms with Crippen molar-refractivity contribution in [2.45, 2.75) is 11.8 Å². The van der Waals surface area contributed by atoms with E-state index >= 15 is 0 Å². The number of anilines is 1. The molecule has 1 amide bonds. The smallest absolute Gasteiger partial charge is 0.248 e. The van der Waals surface area contributed by atoms with Crippen molar-refractivity contribution in [3.8, 4) is 5.75 Å². The molecule has 2 rings (SSSR count). The van der Waals surface area contributed by atoms with Crippen molar-refractivity contribution >= 4 is 27.7 Å². The number of methoxy groups -OCH3 is 1. The molecule has 6 nitrogen and oxygen atoms in total. The molecule has 0 bridgehead atoms. The number of carbonyl (C=O) groups excluding carboxylic acids is 1. The van der Waals surface area contributed by atoms with E-state index in [4.69, 9.17) is 4.74 Å². The number of benzene rings is 2. The first-order valence-electron chi connectivity index (χ1n) is 7.53. The Hall–Kier alpha value is -2.64. The first-order valence-corrected chi connectivity index (χ1v) is 9.01. The Bertz CT molecular complexity index is 888. The Morgan fingerprint density at radius 2 is 1.80 bits per heavy atom. The predicted molar refractivity (Wildman–Crippen MR) is 98.1 cm³/mol. The molecule has 0 aliphatic rings. The van der Waals surface area contributed by atoms with E-state index < -0.39 is 10.0 Å². The Labute approximate surface area is 147 Å². The second-order valence-electron chi connectivity index (χ2n) is 5.30. The first-order chi connectivity index (χ1) is 11.9. The van der Waals surface area contributed by atoms with E-state index in [-0.39, 0.29) is 10.8 Å². The second-order valence-corrected chi connectivity index (χ2v) is 7.19. The summed E-state index contributed by atoms with van der Waals surface area (Å²) < 4.78 is 30.8. The average Bonchev–Trinajstić information content (AvgIpc) is 2.60. The summed E-state index contributed by atoms with van der Waals surface area (Å²) in [7, 11) is -0.573. The van der Waals surface area contributed by atoms with Crippen LogP contribution < -0.4 is 14.8 Å². The first kappa shape index (κ1) is 18.7. The molecule has 0 aromatic heterocycles. The van der Waals surface area contributed by atoms with Gasteiger partial charge in [-0.1, -0.05) is 18.2 Å². The molecule has 0 spiro atoms. The van der Waals surface area contributed by atoms with E-state index in [1.165, 1.54) is 32.4 Å². The topological polar surface area (TPSA) is 84.5 Å². The molecule has 2 aromatic carbocycles. The van der Waals surface area contributed by atoms with Crippen LogP contribution in [0.15, 0.2) is 53.4 Å². The SMILES string of the molecule is CNS(=O)(=O)c1ccc(/C=C/C(=O)Nc2cc(C)ccc2OC)cc1. The molecule has 0 atom stereocenters. The molecule has 0 fully saturated rings. The highest BCUT2D eigenvalue weighted by Gasteiger charge is 2.10. The number of hydrogen-bond donors (Lipinski definition) is 2. The number of aryl methyl sites for hydroxylation is 1. The van der Waals surface area contributed by atoms with Crippen LogP contribution in [-0.2, 0) is 14.8 Å². The fraction of sp³-hybridized carbons (Fsp3) is 0.167. The third-order valence-corrected chi connectivity index (χ3v) is 4.93. The van der Waals surface area contributed by atoms with Gasteiger partial charge in [-0.05, 0) is 55.4 Å². The Morgan fingerprint density at radius 1 is 1.12 bits per heavy atom. The zero-order valence-corrected chi connectivity index (χ0v) is 15.1. The monoisotopic (exact) mass is 360 g/mol. The van der Waals surface area contributed by atoms with Gasteiger partial charge in [-0.2, -0.15) is 0 Å². The average molecular weight is 360 g/mol. The number of carbonyl (C=O) groups is 1. The fourth-order valence-electron chi connectivity index (χ4n) is 2.14. The van der Waals surface area contributed by atoms with Gasteiger partial charge in [0.05, 0.1) is 17.7 Å². The zero-order valence-electron chi connectivity index (χ0n) is 14.2. The molecule has 25 heavy (non-hydrogen) atoms. The molecular formula is C18H20N2O4S. The standard InChI is InChI=1S/C18H20N2O4S/c1-13-4-10-17(24-3)16(12-13)20-18(21)11-7-14-5-8-15(9-6-14)25(22,23)19-2/h4-12,19H,1-3H3,(H,20,21)/b11-7+. The van der Waals surface area contributed by atoms with Gasteiger partial charge in [0.15, 0.2) is 0 Å². The maximum absolute atomic E-state index is 12.1. The van der Waals surface area contributed by atoms with Crippen LogP contribution >= 0.6 is 0 Å². The van der Waals surface area contributed by atoms with Crippen LogP contribution in [0.2, 0.25) is 0 Å². The summed E-state index contributed by atoms with van der Waals surface area (Å²) in [6.45, 7) is 1.92. The molecule has 0 unspecified atom stereocenters. The van der Waals surface area contributed by atoms with Crippen molar-refractivity contribution in [3.63, 3.8) is 0 Å². The highest BCUT2D eigenvalue weighted by atomic mass is 32.2. The van der Waals surface area contributed by atoms with Gasteiger partial charge in [0.2, 0.25) is 15.9 Å². The van der Waals surface area contributed by atoms with Gasteiger partial charge in [-0.25, -0.2) is 13.1 Å². The lowest BCUT2D eigenvalue weighted by molar-refractivity contribution is -0.111. The summed E-state index contributed by atoms with van der Waals surface area (Å²) in [5.41, 5.74) is 2.30. The highest BCUT2D eigenvalue weighted by molar-refractivity contribution is 7.89. The normalized spacial score (nSPS) is 11.5. The minimum Gasteiger partial charge on any atom is -0.495 e. The van der Waals surface area contributed by atoms with Gasteiger partial charge in [-0.3, -0.25) is 4.79 Å². The van der Waals surface area contributed by atoms with Gasteiger partial charge in [0.25, 0.3) is 0 Å². The third kappa shape index (κ3) is 4.91. The van der Waals surface area contributed by atoms with Crippen molar-refractivity contribution < 1.29 is 17.9 Å².